The van der Waals surface area contributed by atoms with Crippen molar-refractivity contribution in [2.24, 2.45) is 0 Å². The van der Waals surface area contributed by atoms with Crippen LogP contribution in [0.25, 0.3) is 0 Å². The van der Waals surface area contributed by atoms with Crippen LogP contribution in [0.1, 0.15) is 16.7 Å². The molecule has 0 unspecified atom stereocenters. The predicted octanol–water partition coefficient (Wildman–Crippen LogP) is 4.72. The van der Waals surface area contributed by atoms with Crippen LogP contribution in [-0.2, 0) is 6.54 Å². The molecule has 20 heavy (non-hydrogen) atoms. The first-order valence-corrected chi connectivity index (χ1v) is 7.19. The normalized spacial score (nSPS) is 10.7. The number of para-hydroxylation sites is 1. The van der Waals surface area contributed by atoms with Gasteiger partial charge >= 0.3 is 0 Å². The molecule has 0 radical (unpaired) electrons. The van der Waals surface area contributed by atoms with Crippen molar-refractivity contribution in [1.82, 2.24) is 5.32 Å². The molecule has 2 nitrogen and oxygen atoms in total. The second-order valence-electron chi connectivity index (χ2n) is 4.73. The zero-order chi connectivity index (χ0) is 14.7. The summed E-state index contributed by atoms with van der Waals surface area (Å²) in [6.45, 7) is 4.53. The van der Waals surface area contributed by atoms with Crippen molar-refractivity contribution < 1.29 is 9.13 Å². The van der Waals surface area contributed by atoms with Gasteiger partial charge in [0.1, 0.15) is 5.75 Å². The van der Waals surface area contributed by atoms with Crippen molar-refractivity contribution in [3.8, 4) is 11.5 Å². The molecule has 1 N–H and O–H groups in total. The molecule has 0 aliphatic rings. The van der Waals surface area contributed by atoms with E-state index in [-0.39, 0.29) is 11.6 Å². The molecule has 0 atom stereocenters. The van der Waals surface area contributed by atoms with Crippen molar-refractivity contribution in [3.05, 3.63) is 57.3 Å². The number of nitrogens with one attached hydrogen (secondary N) is 1. The summed E-state index contributed by atoms with van der Waals surface area (Å²) in [5, 5.41) is 3.02. The SMILES string of the molecule is CNCc1cccc(F)c1Oc1cc(C)c(Br)c(C)c1. The molecule has 2 aromatic rings. The van der Waals surface area contributed by atoms with Gasteiger partial charge in [-0.2, -0.15) is 0 Å². The van der Waals surface area contributed by atoms with Gasteiger partial charge in [0, 0.05) is 16.6 Å². The number of ether oxygens (including phenoxy) is 1. The third kappa shape index (κ3) is 3.19. The molecule has 0 aromatic heterocycles. The van der Waals surface area contributed by atoms with Gasteiger partial charge in [0.15, 0.2) is 11.6 Å². The van der Waals surface area contributed by atoms with Crippen LogP contribution in [-0.4, -0.2) is 7.05 Å². The highest BCUT2D eigenvalue weighted by atomic mass is 79.9. The van der Waals surface area contributed by atoms with Gasteiger partial charge in [-0.15, -0.1) is 0 Å². The number of hydrogen-bond donors (Lipinski definition) is 1. The summed E-state index contributed by atoms with van der Waals surface area (Å²) < 4.78 is 20.8. The minimum atomic E-state index is -0.351. The molecular weight excluding hydrogens is 321 g/mol. The van der Waals surface area contributed by atoms with E-state index >= 15 is 0 Å². The molecule has 0 aliphatic heterocycles. The van der Waals surface area contributed by atoms with Crippen molar-refractivity contribution >= 4 is 15.9 Å². The Bertz CT molecular complexity index is 605. The van der Waals surface area contributed by atoms with E-state index in [1.54, 1.807) is 6.07 Å². The average molecular weight is 338 g/mol. The van der Waals surface area contributed by atoms with Crippen LogP contribution < -0.4 is 10.1 Å². The Balaban J connectivity index is 2.39. The smallest absolute Gasteiger partial charge is 0.167 e. The van der Waals surface area contributed by atoms with Crippen LogP contribution in [0.3, 0.4) is 0 Å². The van der Waals surface area contributed by atoms with Crippen LogP contribution in [0.2, 0.25) is 0 Å². The Hall–Kier alpha value is -1.39. The standard InChI is InChI=1S/C16H17BrFNO/c1-10-7-13(8-11(2)15(10)17)20-16-12(9-19-3)5-4-6-14(16)18/h4-8,19H,9H2,1-3H3. The summed E-state index contributed by atoms with van der Waals surface area (Å²) in [6, 6.07) is 8.74. The topological polar surface area (TPSA) is 21.3 Å². The number of halogens is 2. The Morgan fingerprint density at radius 1 is 1.20 bits per heavy atom. The Morgan fingerprint density at radius 2 is 1.85 bits per heavy atom. The van der Waals surface area contributed by atoms with E-state index in [1.807, 2.05) is 39.1 Å². The van der Waals surface area contributed by atoms with Crippen LogP contribution >= 0.6 is 15.9 Å². The minimum Gasteiger partial charge on any atom is -0.454 e. The number of aryl methyl sites for hydroxylation is 2. The Morgan fingerprint density at radius 3 is 2.45 bits per heavy atom. The summed E-state index contributed by atoms with van der Waals surface area (Å²) in [5.41, 5.74) is 2.92. The van der Waals surface area contributed by atoms with Crippen LogP contribution in [0.15, 0.2) is 34.8 Å². The van der Waals surface area contributed by atoms with Crippen LogP contribution in [0.5, 0.6) is 11.5 Å². The first-order valence-electron chi connectivity index (χ1n) is 6.39. The largest absolute Gasteiger partial charge is 0.454 e. The van der Waals surface area contributed by atoms with E-state index < -0.39 is 0 Å². The van der Waals surface area contributed by atoms with Crippen LogP contribution in [0.4, 0.5) is 4.39 Å². The van der Waals surface area contributed by atoms with Gasteiger partial charge in [-0.3, -0.25) is 0 Å². The van der Waals surface area contributed by atoms with Crippen molar-refractivity contribution in [2.45, 2.75) is 20.4 Å². The van der Waals surface area contributed by atoms with Crippen LogP contribution in [0, 0.1) is 19.7 Å². The summed E-state index contributed by atoms with van der Waals surface area (Å²) >= 11 is 3.51. The molecule has 0 saturated carbocycles. The Labute approximate surface area is 127 Å². The van der Waals surface area contributed by atoms with Gasteiger partial charge in [-0.05, 0) is 50.2 Å². The number of benzene rings is 2. The lowest BCUT2D eigenvalue weighted by Gasteiger charge is -2.14. The molecule has 0 heterocycles. The van der Waals surface area contributed by atoms with Gasteiger partial charge in [-0.1, -0.05) is 28.1 Å². The average Bonchev–Trinajstić information content (AvgIpc) is 2.40. The quantitative estimate of drug-likeness (QED) is 0.871. The monoisotopic (exact) mass is 337 g/mol. The third-order valence-corrected chi connectivity index (χ3v) is 4.30. The lowest BCUT2D eigenvalue weighted by Crippen LogP contribution is -2.07. The van der Waals surface area contributed by atoms with E-state index in [9.17, 15) is 4.39 Å². The first kappa shape index (κ1) is 15.0. The fraction of sp³-hybridized carbons (Fsp3) is 0.250. The highest BCUT2D eigenvalue weighted by molar-refractivity contribution is 9.10. The maximum atomic E-state index is 14.0. The summed E-state index contributed by atoms with van der Waals surface area (Å²) in [5.74, 6) is 0.574. The molecule has 106 valence electrons. The molecular formula is C16H17BrFNO. The van der Waals surface area contributed by atoms with Gasteiger partial charge in [0.05, 0.1) is 0 Å². The molecule has 0 spiro atoms. The van der Waals surface area contributed by atoms with Crippen molar-refractivity contribution in [2.75, 3.05) is 7.05 Å². The van der Waals surface area contributed by atoms with E-state index in [1.165, 1.54) is 6.07 Å². The zero-order valence-corrected chi connectivity index (χ0v) is 13.3. The molecule has 2 aromatic carbocycles. The fourth-order valence-corrected chi connectivity index (χ4v) is 2.31. The second kappa shape index (κ2) is 6.37. The molecule has 4 heteroatoms. The van der Waals surface area contributed by atoms with Gasteiger partial charge < -0.3 is 10.1 Å². The lowest BCUT2D eigenvalue weighted by atomic mass is 10.1. The molecule has 2 rings (SSSR count). The zero-order valence-electron chi connectivity index (χ0n) is 11.8. The summed E-state index contributed by atoms with van der Waals surface area (Å²) in [6.07, 6.45) is 0. The second-order valence-corrected chi connectivity index (χ2v) is 5.52. The van der Waals surface area contributed by atoms with Crippen molar-refractivity contribution in [3.63, 3.8) is 0 Å². The lowest BCUT2D eigenvalue weighted by molar-refractivity contribution is 0.434. The van der Waals surface area contributed by atoms with Gasteiger partial charge in [0.2, 0.25) is 0 Å². The van der Waals surface area contributed by atoms with E-state index in [0.717, 1.165) is 21.2 Å². The third-order valence-electron chi connectivity index (χ3n) is 3.05. The van der Waals surface area contributed by atoms with Gasteiger partial charge in [0.25, 0.3) is 0 Å². The van der Waals surface area contributed by atoms with E-state index in [0.29, 0.717) is 12.3 Å². The molecule has 0 fully saturated rings. The summed E-state index contributed by atoms with van der Waals surface area (Å²) in [7, 11) is 1.82. The molecule has 0 aliphatic carbocycles. The highest BCUT2D eigenvalue weighted by Gasteiger charge is 2.12. The number of rotatable bonds is 4. The molecule has 0 amide bonds. The van der Waals surface area contributed by atoms with E-state index in [4.69, 9.17) is 4.74 Å². The maximum Gasteiger partial charge on any atom is 0.167 e. The Kier molecular flexibility index (Phi) is 4.78. The number of hydrogen-bond acceptors (Lipinski definition) is 2. The predicted molar refractivity (Wildman–Crippen MR) is 82.9 cm³/mol. The fourth-order valence-electron chi connectivity index (χ4n) is 2.08. The molecule has 0 saturated heterocycles. The first-order chi connectivity index (χ1) is 9.52. The maximum absolute atomic E-state index is 14.0. The molecule has 0 bridgehead atoms. The van der Waals surface area contributed by atoms with E-state index in [2.05, 4.69) is 21.2 Å². The minimum absolute atomic E-state index is 0.281. The highest BCUT2D eigenvalue weighted by Crippen LogP contribution is 2.32. The van der Waals surface area contributed by atoms with Gasteiger partial charge in [-0.25, -0.2) is 4.39 Å². The van der Waals surface area contributed by atoms with Crippen molar-refractivity contribution in [1.29, 1.82) is 0 Å². The summed E-state index contributed by atoms with van der Waals surface area (Å²) in [4.78, 5) is 0.